The number of furan rings is 1. The van der Waals surface area contributed by atoms with Gasteiger partial charge in [0.2, 0.25) is 5.91 Å². The Labute approximate surface area is 178 Å². The molecule has 162 valence electrons. The van der Waals surface area contributed by atoms with E-state index >= 15 is 0 Å². The molecule has 31 heavy (non-hydrogen) atoms. The van der Waals surface area contributed by atoms with Crippen LogP contribution in [0, 0.1) is 13.8 Å². The quantitative estimate of drug-likeness (QED) is 0.646. The maximum absolute atomic E-state index is 12.9. The number of aryl methyl sites for hydroxylation is 4. The molecule has 0 saturated carbocycles. The van der Waals surface area contributed by atoms with Crippen molar-refractivity contribution in [3.63, 3.8) is 0 Å². The summed E-state index contributed by atoms with van der Waals surface area (Å²) in [5.41, 5.74) is 3.74. The van der Waals surface area contributed by atoms with Gasteiger partial charge in [-0.1, -0.05) is 0 Å². The first-order valence-corrected chi connectivity index (χ1v) is 10.9. The highest BCUT2D eigenvalue weighted by Crippen LogP contribution is 2.38. The van der Waals surface area contributed by atoms with Crippen molar-refractivity contribution in [3.8, 4) is 0 Å². The molecule has 1 fully saturated rings. The summed E-state index contributed by atoms with van der Waals surface area (Å²) in [6.07, 6.45) is 5.06. The molecule has 0 radical (unpaired) electrons. The SMILES string of the molecule is Cc1c(CC(=O)N2CCC[C@H]2C(=O)O)c(=O)oc2c(C)c3oc4c(c3cc12)CCCC4. The minimum Gasteiger partial charge on any atom is -0.480 e. The smallest absolute Gasteiger partial charge is 0.340 e. The van der Waals surface area contributed by atoms with E-state index in [4.69, 9.17) is 8.83 Å². The molecule has 1 aliphatic carbocycles. The second-order valence-corrected chi connectivity index (χ2v) is 8.72. The first kappa shape index (κ1) is 19.8. The normalized spacial score (nSPS) is 18.6. The minimum absolute atomic E-state index is 0.158. The highest BCUT2D eigenvalue weighted by atomic mass is 16.4. The van der Waals surface area contributed by atoms with Gasteiger partial charge in [-0.3, -0.25) is 4.79 Å². The maximum Gasteiger partial charge on any atom is 0.340 e. The number of carboxylic acid groups (broad SMARTS) is 1. The zero-order valence-electron chi connectivity index (χ0n) is 17.7. The molecule has 0 unspecified atom stereocenters. The number of nitrogens with zero attached hydrogens (tertiary/aromatic N) is 1. The molecule has 7 heteroatoms. The van der Waals surface area contributed by atoms with Crippen LogP contribution in [0.15, 0.2) is 19.7 Å². The van der Waals surface area contributed by atoms with Crippen molar-refractivity contribution in [2.24, 2.45) is 0 Å². The fraction of sp³-hybridized carbons (Fsp3) is 0.458. The van der Waals surface area contributed by atoms with Crippen LogP contribution in [0.3, 0.4) is 0 Å². The third-order valence-corrected chi connectivity index (χ3v) is 6.91. The third kappa shape index (κ3) is 3.06. The molecule has 1 saturated heterocycles. The topological polar surface area (TPSA) is 101 Å². The summed E-state index contributed by atoms with van der Waals surface area (Å²) < 4.78 is 11.8. The van der Waals surface area contributed by atoms with Gasteiger partial charge >= 0.3 is 11.6 Å². The first-order chi connectivity index (χ1) is 14.9. The lowest BCUT2D eigenvalue weighted by Gasteiger charge is -2.21. The number of carbonyl (C=O) groups excluding carboxylic acids is 1. The van der Waals surface area contributed by atoms with Crippen LogP contribution in [-0.2, 0) is 28.9 Å². The van der Waals surface area contributed by atoms with Crippen molar-refractivity contribution in [1.82, 2.24) is 4.90 Å². The summed E-state index contributed by atoms with van der Waals surface area (Å²) >= 11 is 0. The maximum atomic E-state index is 12.9. The fourth-order valence-electron chi connectivity index (χ4n) is 5.20. The zero-order valence-corrected chi connectivity index (χ0v) is 17.7. The van der Waals surface area contributed by atoms with Crippen molar-refractivity contribution in [3.05, 3.63) is 44.5 Å². The molecule has 1 N–H and O–H groups in total. The van der Waals surface area contributed by atoms with E-state index in [2.05, 4.69) is 0 Å². The van der Waals surface area contributed by atoms with Gasteiger partial charge in [0, 0.05) is 34.9 Å². The number of amides is 1. The number of fused-ring (bicyclic) bond motifs is 4. The first-order valence-electron chi connectivity index (χ1n) is 10.9. The molecule has 1 amide bonds. The van der Waals surface area contributed by atoms with Crippen LogP contribution in [0.4, 0.5) is 0 Å². The highest BCUT2D eigenvalue weighted by molar-refractivity contribution is 6.00. The Kier molecular flexibility index (Phi) is 4.64. The van der Waals surface area contributed by atoms with E-state index in [0.29, 0.717) is 36.1 Å². The van der Waals surface area contributed by atoms with Gasteiger partial charge in [-0.15, -0.1) is 0 Å². The van der Waals surface area contributed by atoms with Crippen LogP contribution < -0.4 is 5.63 Å². The zero-order chi connectivity index (χ0) is 21.9. The van der Waals surface area contributed by atoms with Crippen molar-refractivity contribution < 1.29 is 23.5 Å². The van der Waals surface area contributed by atoms with Gasteiger partial charge in [0.1, 0.15) is 23.0 Å². The van der Waals surface area contributed by atoms with E-state index in [9.17, 15) is 19.5 Å². The fourth-order valence-corrected chi connectivity index (χ4v) is 5.20. The highest BCUT2D eigenvalue weighted by Gasteiger charge is 2.34. The summed E-state index contributed by atoms with van der Waals surface area (Å²) in [7, 11) is 0. The Balaban J connectivity index is 1.61. The molecule has 1 aliphatic heterocycles. The summed E-state index contributed by atoms with van der Waals surface area (Å²) in [6.45, 7) is 4.13. The molecular weight excluding hydrogens is 398 g/mol. The second-order valence-electron chi connectivity index (χ2n) is 8.72. The van der Waals surface area contributed by atoms with Gasteiger partial charge < -0.3 is 18.8 Å². The molecule has 3 aromatic rings. The van der Waals surface area contributed by atoms with Crippen LogP contribution in [0.25, 0.3) is 21.9 Å². The third-order valence-electron chi connectivity index (χ3n) is 6.91. The predicted molar refractivity (Wildman–Crippen MR) is 114 cm³/mol. The van der Waals surface area contributed by atoms with Crippen LogP contribution in [0.5, 0.6) is 0 Å². The van der Waals surface area contributed by atoms with Crippen LogP contribution in [0.2, 0.25) is 0 Å². The Morgan fingerprint density at radius 2 is 1.81 bits per heavy atom. The van der Waals surface area contributed by atoms with E-state index in [1.165, 1.54) is 10.5 Å². The Morgan fingerprint density at radius 3 is 2.58 bits per heavy atom. The molecule has 1 atom stereocenters. The Morgan fingerprint density at radius 1 is 1.06 bits per heavy atom. The number of likely N-dealkylation sites (tertiary alicyclic amines) is 1. The molecule has 5 rings (SSSR count). The average molecular weight is 423 g/mol. The van der Waals surface area contributed by atoms with Gasteiger partial charge in [-0.2, -0.15) is 0 Å². The largest absolute Gasteiger partial charge is 0.480 e. The minimum atomic E-state index is -1.00. The summed E-state index contributed by atoms with van der Waals surface area (Å²) in [5.74, 6) is -0.335. The summed E-state index contributed by atoms with van der Waals surface area (Å²) in [6, 6.07) is 1.20. The summed E-state index contributed by atoms with van der Waals surface area (Å²) in [4.78, 5) is 38.5. The van der Waals surface area contributed by atoms with Crippen molar-refractivity contribution in [1.29, 1.82) is 0 Å². The molecule has 1 aromatic carbocycles. The van der Waals surface area contributed by atoms with E-state index in [0.717, 1.165) is 53.4 Å². The number of aliphatic carboxylic acids is 1. The van der Waals surface area contributed by atoms with Gasteiger partial charge in [0.25, 0.3) is 0 Å². The molecular formula is C24H25NO6. The average Bonchev–Trinajstić information content (AvgIpc) is 3.37. The Hall–Kier alpha value is -3.09. The second kappa shape index (κ2) is 7.25. The van der Waals surface area contributed by atoms with Crippen molar-refractivity contribution in [2.45, 2.75) is 64.8 Å². The Bertz CT molecular complexity index is 1300. The van der Waals surface area contributed by atoms with Gasteiger partial charge in [0.15, 0.2) is 0 Å². The van der Waals surface area contributed by atoms with Crippen LogP contribution >= 0.6 is 0 Å². The molecule has 2 aliphatic rings. The standard InChI is InChI=1S/C24H25NO6/c1-12-15-10-17-14-6-3-4-8-19(14)30-22(17)13(2)21(15)31-24(29)16(12)11-20(26)25-9-5-7-18(25)23(27)28/h10,18H,3-9,11H2,1-2H3,(H,27,28)/t18-/m0/s1. The van der Waals surface area contributed by atoms with Crippen molar-refractivity contribution in [2.75, 3.05) is 6.54 Å². The predicted octanol–water partition coefficient (Wildman–Crippen LogP) is 3.65. The van der Waals surface area contributed by atoms with Crippen LogP contribution in [0.1, 0.15) is 53.7 Å². The lowest BCUT2D eigenvalue weighted by atomic mass is 9.93. The lowest BCUT2D eigenvalue weighted by Crippen LogP contribution is -2.41. The van der Waals surface area contributed by atoms with E-state index in [1.807, 2.05) is 19.9 Å². The van der Waals surface area contributed by atoms with Gasteiger partial charge in [-0.05, 0) is 57.6 Å². The summed E-state index contributed by atoms with van der Waals surface area (Å²) in [5, 5.41) is 11.2. The molecule has 7 nitrogen and oxygen atoms in total. The molecule has 2 aromatic heterocycles. The number of carbonyl (C=O) groups is 2. The van der Waals surface area contributed by atoms with Gasteiger partial charge in [0.05, 0.1) is 12.0 Å². The number of hydrogen-bond acceptors (Lipinski definition) is 5. The monoisotopic (exact) mass is 423 g/mol. The van der Waals surface area contributed by atoms with Crippen molar-refractivity contribution >= 4 is 33.8 Å². The number of benzene rings is 1. The van der Waals surface area contributed by atoms with Crippen LogP contribution in [-0.4, -0.2) is 34.5 Å². The van der Waals surface area contributed by atoms with E-state index in [-0.39, 0.29) is 12.3 Å². The lowest BCUT2D eigenvalue weighted by molar-refractivity contribution is -0.148. The van der Waals surface area contributed by atoms with E-state index < -0.39 is 17.6 Å². The molecule has 0 bridgehead atoms. The van der Waals surface area contributed by atoms with Gasteiger partial charge in [-0.25, -0.2) is 9.59 Å². The number of carboxylic acids is 1. The molecule has 3 heterocycles. The molecule has 0 spiro atoms. The number of hydrogen-bond donors (Lipinski definition) is 1. The number of rotatable bonds is 3. The van der Waals surface area contributed by atoms with E-state index in [1.54, 1.807) is 0 Å².